The van der Waals surface area contributed by atoms with Crippen LogP contribution in [-0.2, 0) is 12.7 Å². The summed E-state index contributed by atoms with van der Waals surface area (Å²) in [5.74, 6) is -0.119. The highest BCUT2D eigenvalue weighted by molar-refractivity contribution is 6.35. The highest BCUT2D eigenvalue weighted by atomic mass is 35.5. The first-order valence-corrected chi connectivity index (χ1v) is 7.49. The van der Waals surface area contributed by atoms with E-state index >= 15 is 0 Å². The van der Waals surface area contributed by atoms with Crippen LogP contribution < -0.4 is 0 Å². The van der Waals surface area contributed by atoms with Crippen molar-refractivity contribution < 1.29 is 13.2 Å². The second kappa shape index (κ2) is 6.41. The number of hydrogen-bond acceptors (Lipinski definition) is 3. The number of alkyl halides is 3. The summed E-state index contributed by atoms with van der Waals surface area (Å²) in [6.07, 6.45) is -4.51. The standard InChI is InChI=1S/C15H9Cl2F3N4/c16-12-6-3-7-13(17)10(12)8-24-22-14(21-23-24)9-4-1-2-5-11(9)15(18,19)20/h1-7H,8H2. The van der Waals surface area contributed by atoms with E-state index in [2.05, 4.69) is 15.4 Å². The zero-order chi connectivity index (χ0) is 17.3. The first-order chi connectivity index (χ1) is 11.4. The fourth-order valence-corrected chi connectivity index (χ4v) is 2.69. The van der Waals surface area contributed by atoms with Crippen LogP contribution >= 0.6 is 23.2 Å². The first kappa shape index (κ1) is 16.7. The van der Waals surface area contributed by atoms with Crippen molar-refractivity contribution in [3.63, 3.8) is 0 Å². The van der Waals surface area contributed by atoms with E-state index in [1.807, 2.05) is 0 Å². The molecule has 9 heteroatoms. The third-order valence-electron chi connectivity index (χ3n) is 3.29. The lowest BCUT2D eigenvalue weighted by Crippen LogP contribution is -2.08. The quantitative estimate of drug-likeness (QED) is 0.668. The molecule has 124 valence electrons. The van der Waals surface area contributed by atoms with Gasteiger partial charge in [-0.15, -0.1) is 10.2 Å². The Morgan fingerprint density at radius 2 is 1.62 bits per heavy atom. The van der Waals surface area contributed by atoms with Gasteiger partial charge in [0, 0.05) is 21.2 Å². The van der Waals surface area contributed by atoms with Gasteiger partial charge in [0.05, 0.1) is 12.1 Å². The number of benzene rings is 2. The van der Waals surface area contributed by atoms with E-state index in [0.29, 0.717) is 15.6 Å². The van der Waals surface area contributed by atoms with E-state index in [1.165, 1.54) is 18.2 Å². The van der Waals surface area contributed by atoms with Gasteiger partial charge >= 0.3 is 6.18 Å². The van der Waals surface area contributed by atoms with E-state index in [1.54, 1.807) is 18.2 Å². The Hall–Kier alpha value is -2.12. The van der Waals surface area contributed by atoms with Crippen molar-refractivity contribution in [1.82, 2.24) is 20.2 Å². The maximum Gasteiger partial charge on any atom is 0.417 e. The lowest BCUT2D eigenvalue weighted by molar-refractivity contribution is -0.137. The van der Waals surface area contributed by atoms with E-state index in [-0.39, 0.29) is 17.9 Å². The van der Waals surface area contributed by atoms with Crippen molar-refractivity contribution in [3.8, 4) is 11.4 Å². The molecule has 0 spiro atoms. The van der Waals surface area contributed by atoms with Gasteiger partial charge in [-0.3, -0.25) is 0 Å². The van der Waals surface area contributed by atoms with Crippen LogP contribution in [0.2, 0.25) is 10.0 Å². The highest BCUT2D eigenvalue weighted by Gasteiger charge is 2.34. The number of rotatable bonds is 3. The van der Waals surface area contributed by atoms with Crippen LogP contribution in [0, 0.1) is 0 Å². The molecule has 1 aromatic heterocycles. The summed E-state index contributed by atoms with van der Waals surface area (Å²) in [4.78, 5) is 1.15. The largest absolute Gasteiger partial charge is 0.417 e. The van der Waals surface area contributed by atoms with Gasteiger partial charge in [-0.05, 0) is 23.4 Å². The molecule has 3 aromatic rings. The average molecular weight is 373 g/mol. The smallest absolute Gasteiger partial charge is 0.166 e. The first-order valence-electron chi connectivity index (χ1n) is 6.73. The van der Waals surface area contributed by atoms with Gasteiger partial charge in [-0.1, -0.05) is 47.5 Å². The van der Waals surface area contributed by atoms with Crippen molar-refractivity contribution >= 4 is 23.2 Å². The molecule has 0 saturated carbocycles. The topological polar surface area (TPSA) is 43.6 Å². The van der Waals surface area contributed by atoms with Crippen LogP contribution in [0.1, 0.15) is 11.1 Å². The van der Waals surface area contributed by atoms with E-state index in [9.17, 15) is 13.2 Å². The molecule has 24 heavy (non-hydrogen) atoms. The number of aromatic nitrogens is 4. The Kier molecular flexibility index (Phi) is 4.47. The summed E-state index contributed by atoms with van der Waals surface area (Å²) in [6.45, 7) is 0.0969. The maximum absolute atomic E-state index is 13.1. The molecule has 0 N–H and O–H groups in total. The van der Waals surface area contributed by atoms with Crippen LogP contribution in [-0.4, -0.2) is 20.2 Å². The van der Waals surface area contributed by atoms with Gasteiger partial charge in [0.1, 0.15) is 0 Å². The minimum atomic E-state index is -4.51. The van der Waals surface area contributed by atoms with Gasteiger partial charge in [0.2, 0.25) is 5.82 Å². The Labute approximate surface area is 144 Å². The number of tetrazole rings is 1. The van der Waals surface area contributed by atoms with Gasteiger partial charge in [0.25, 0.3) is 0 Å². The van der Waals surface area contributed by atoms with Crippen LogP contribution in [0.15, 0.2) is 42.5 Å². The lowest BCUT2D eigenvalue weighted by Gasteiger charge is -2.09. The van der Waals surface area contributed by atoms with Crippen LogP contribution in [0.25, 0.3) is 11.4 Å². The molecule has 0 aliphatic heterocycles. The maximum atomic E-state index is 13.1. The van der Waals surface area contributed by atoms with Crippen LogP contribution in [0.5, 0.6) is 0 Å². The van der Waals surface area contributed by atoms with Gasteiger partial charge in [-0.25, -0.2) is 0 Å². The zero-order valence-corrected chi connectivity index (χ0v) is 13.4. The summed E-state index contributed by atoms with van der Waals surface area (Å²) in [6, 6.07) is 10.1. The summed E-state index contributed by atoms with van der Waals surface area (Å²) >= 11 is 12.1. The molecule has 0 amide bonds. The average Bonchev–Trinajstić information content (AvgIpc) is 2.99. The molecule has 0 radical (unpaired) electrons. The van der Waals surface area contributed by atoms with Gasteiger partial charge in [-0.2, -0.15) is 18.0 Å². The van der Waals surface area contributed by atoms with E-state index < -0.39 is 11.7 Å². The molecule has 3 rings (SSSR count). The minimum absolute atomic E-state index is 0.0969. The number of hydrogen-bond donors (Lipinski definition) is 0. The molecule has 4 nitrogen and oxygen atoms in total. The Morgan fingerprint density at radius 3 is 2.29 bits per heavy atom. The monoisotopic (exact) mass is 372 g/mol. The molecule has 1 heterocycles. The van der Waals surface area contributed by atoms with Crippen molar-refractivity contribution in [2.24, 2.45) is 0 Å². The molecule has 0 atom stereocenters. The minimum Gasteiger partial charge on any atom is -0.166 e. The van der Waals surface area contributed by atoms with Crippen molar-refractivity contribution in [2.75, 3.05) is 0 Å². The number of nitrogens with zero attached hydrogens (tertiary/aromatic N) is 4. The van der Waals surface area contributed by atoms with Gasteiger partial charge in [0.15, 0.2) is 0 Å². The third kappa shape index (κ3) is 3.37. The molecule has 0 fully saturated rings. The molecule has 0 bridgehead atoms. The van der Waals surface area contributed by atoms with Crippen LogP contribution in [0.4, 0.5) is 13.2 Å². The molecule has 2 aromatic carbocycles. The van der Waals surface area contributed by atoms with E-state index in [4.69, 9.17) is 23.2 Å². The second-order valence-electron chi connectivity index (χ2n) is 4.89. The predicted octanol–water partition coefficient (Wildman–Crippen LogP) is 4.71. The molecule has 0 saturated heterocycles. The summed E-state index contributed by atoms with van der Waals surface area (Å²) < 4.78 is 39.2. The molecular formula is C15H9Cl2F3N4. The van der Waals surface area contributed by atoms with Gasteiger partial charge < -0.3 is 0 Å². The highest BCUT2D eigenvalue weighted by Crippen LogP contribution is 2.35. The molecule has 0 unspecified atom stereocenters. The third-order valence-corrected chi connectivity index (χ3v) is 4.00. The Bertz CT molecular complexity index is 857. The Morgan fingerprint density at radius 1 is 0.958 bits per heavy atom. The summed E-state index contributed by atoms with van der Waals surface area (Å²) in [5.41, 5.74) is -0.393. The van der Waals surface area contributed by atoms with Crippen molar-refractivity contribution in [1.29, 1.82) is 0 Å². The molecule has 0 aliphatic carbocycles. The molecular weight excluding hydrogens is 364 g/mol. The predicted molar refractivity (Wildman–Crippen MR) is 83.8 cm³/mol. The van der Waals surface area contributed by atoms with Crippen molar-refractivity contribution in [2.45, 2.75) is 12.7 Å². The summed E-state index contributed by atoms with van der Waals surface area (Å²) in [5, 5.41) is 12.3. The zero-order valence-electron chi connectivity index (χ0n) is 11.9. The summed E-state index contributed by atoms with van der Waals surface area (Å²) in [7, 11) is 0. The second-order valence-corrected chi connectivity index (χ2v) is 5.70. The normalized spacial score (nSPS) is 11.7. The SMILES string of the molecule is FC(F)(F)c1ccccc1-c1nnn(Cc2c(Cl)cccc2Cl)n1. The molecule has 0 aliphatic rings. The fraction of sp³-hybridized carbons (Fsp3) is 0.133. The Balaban J connectivity index is 1.95. The number of halogens is 5. The lowest BCUT2D eigenvalue weighted by atomic mass is 10.1. The fourth-order valence-electron chi connectivity index (χ4n) is 2.17. The van der Waals surface area contributed by atoms with E-state index in [0.717, 1.165) is 10.9 Å². The van der Waals surface area contributed by atoms with Crippen LogP contribution in [0.3, 0.4) is 0 Å². The van der Waals surface area contributed by atoms with Crippen molar-refractivity contribution in [3.05, 3.63) is 63.6 Å².